The third-order valence-corrected chi connectivity index (χ3v) is 0.833. The molecule has 0 heterocycles. The van der Waals surface area contributed by atoms with Gasteiger partial charge in [-0.05, 0) is 13.8 Å². The third-order valence-electron chi connectivity index (χ3n) is 0.833. The molecule has 0 unspecified atom stereocenters. The van der Waals surface area contributed by atoms with Crippen LogP contribution in [0.25, 0.3) is 0 Å². The van der Waals surface area contributed by atoms with Crippen LogP contribution >= 0.6 is 0 Å². The Morgan fingerprint density at radius 2 is 2.00 bits per heavy atom. The number of hydrogen-bond acceptors (Lipinski definition) is 3. The normalized spacial score (nSPS) is 14.3. The molecular weight excluding hydrogens is 120 g/mol. The monoisotopic (exact) mass is 134 g/mol. The van der Waals surface area contributed by atoms with Crippen LogP contribution in [0.1, 0.15) is 13.8 Å². The van der Waals surface area contributed by atoms with Crippen LogP contribution in [0, 0.1) is 0 Å². The highest BCUT2D eigenvalue weighted by atomic mass is 16.5. The van der Waals surface area contributed by atoms with Crippen LogP contribution in [0.3, 0.4) is 0 Å². The molecule has 0 amide bonds. The first-order chi connectivity index (χ1) is 4.16. The van der Waals surface area contributed by atoms with E-state index in [0.29, 0.717) is 0 Å². The fourth-order valence-electron chi connectivity index (χ4n) is 0.356. The molecule has 3 nitrogen and oxygen atoms in total. The van der Waals surface area contributed by atoms with E-state index in [9.17, 15) is 0 Å². The molecule has 0 aromatic carbocycles. The molecule has 56 valence electrons. The maximum atomic E-state index is 8.73. The molecule has 0 rings (SSSR count). The Bertz CT molecular complexity index is 63.3. The van der Waals surface area contributed by atoms with Crippen molar-refractivity contribution in [1.29, 1.82) is 0 Å². The van der Waals surface area contributed by atoms with Crippen molar-refractivity contribution >= 4 is 0 Å². The van der Waals surface area contributed by atoms with Gasteiger partial charge in [0.2, 0.25) is 0 Å². The van der Waals surface area contributed by atoms with E-state index in [1.165, 1.54) is 0 Å². The van der Waals surface area contributed by atoms with E-state index in [-0.39, 0.29) is 19.3 Å². The molecular formula is C6H14O3. The van der Waals surface area contributed by atoms with Crippen LogP contribution in [0.5, 0.6) is 0 Å². The second-order valence-corrected chi connectivity index (χ2v) is 2.22. The predicted molar refractivity (Wildman–Crippen MR) is 34.2 cm³/mol. The van der Waals surface area contributed by atoms with E-state index in [0.717, 1.165) is 0 Å². The zero-order valence-electron chi connectivity index (χ0n) is 5.87. The van der Waals surface area contributed by atoms with Gasteiger partial charge in [0, 0.05) is 0 Å². The fourth-order valence-corrected chi connectivity index (χ4v) is 0.356. The van der Waals surface area contributed by atoms with Crippen LogP contribution in [-0.2, 0) is 4.74 Å². The average Bonchev–Trinajstić information content (AvgIpc) is 1.83. The van der Waals surface area contributed by atoms with Gasteiger partial charge in [-0.3, -0.25) is 0 Å². The SMILES string of the molecule is CC(C)OC[C@H](O)CO. The number of aliphatic hydroxyl groups excluding tert-OH is 2. The van der Waals surface area contributed by atoms with Crippen LogP contribution in [0.4, 0.5) is 0 Å². The summed E-state index contributed by atoms with van der Waals surface area (Å²) in [5, 5.41) is 17.0. The summed E-state index contributed by atoms with van der Waals surface area (Å²) in [6, 6.07) is 0. The van der Waals surface area contributed by atoms with Gasteiger partial charge in [-0.1, -0.05) is 0 Å². The van der Waals surface area contributed by atoms with Crippen molar-refractivity contribution < 1.29 is 14.9 Å². The Balaban J connectivity index is 3.06. The summed E-state index contributed by atoms with van der Waals surface area (Å²) in [7, 11) is 0. The first-order valence-electron chi connectivity index (χ1n) is 3.07. The van der Waals surface area contributed by atoms with Crippen molar-refractivity contribution in [3.63, 3.8) is 0 Å². The van der Waals surface area contributed by atoms with Crippen LogP contribution in [0.15, 0.2) is 0 Å². The minimum absolute atomic E-state index is 0.117. The Morgan fingerprint density at radius 3 is 2.33 bits per heavy atom. The largest absolute Gasteiger partial charge is 0.394 e. The smallest absolute Gasteiger partial charge is 0.100 e. The van der Waals surface area contributed by atoms with Crippen LogP contribution < -0.4 is 0 Å². The number of hydrogen-bond donors (Lipinski definition) is 2. The van der Waals surface area contributed by atoms with Gasteiger partial charge >= 0.3 is 0 Å². The maximum absolute atomic E-state index is 8.73. The summed E-state index contributed by atoms with van der Waals surface area (Å²) in [4.78, 5) is 0. The summed E-state index contributed by atoms with van der Waals surface area (Å²) in [6.45, 7) is 3.75. The molecule has 0 aliphatic carbocycles. The lowest BCUT2D eigenvalue weighted by molar-refractivity contribution is -0.0167. The van der Waals surface area contributed by atoms with Gasteiger partial charge in [-0.2, -0.15) is 0 Å². The van der Waals surface area contributed by atoms with Crippen molar-refractivity contribution in [3.8, 4) is 0 Å². The van der Waals surface area contributed by atoms with E-state index in [1.54, 1.807) is 0 Å². The third kappa shape index (κ3) is 5.76. The Hall–Kier alpha value is -0.120. The quantitative estimate of drug-likeness (QED) is 0.558. The molecule has 0 aromatic rings. The molecule has 1 atom stereocenters. The van der Waals surface area contributed by atoms with Gasteiger partial charge in [0.05, 0.1) is 19.3 Å². The van der Waals surface area contributed by atoms with Gasteiger partial charge in [0.15, 0.2) is 0 Å². The van der Waals surface area contributed by atoms with Crippen LogP contribution in [-0.4, -0.2) is 35.6 Å². The standard InChI is InChI=1S/C6H14O3/c1-5(2)9-4-6(8)3-7/h5-8H,3-4H2,1-2H3/t6-/m1/s1. The van der Waals surface area contributed by atoms with Crippen LogP contribution in [0.2, 0.25) is 0 Å². The summed E-state index contributed by atoms with van der Waals surface area (Å²) in [5.41, 5.74) is 0. The van der Waals surface area contributed by atoms with Gasteiger partial charge < -0.3 is 14.9 Å². The second kappa shape index (κ2) is 4.73. The topological polar surface area (TPSA) is 49.7 Å². The van der Waals surface area contributed by atoms with Crippen molar-refractivity contribution in [2.24, 2.45) is 0 Å². The zero-order valence-corrected chi connectivity index (χ0v) is 5.87. The van der Waals surface area contributed by atoms with E-state index >= 15 is 0 Å². The van der Waals surface area contributed by atoms with Crippen molar-refractivity contribution in [2.45, 2.75) is 26.1 Å². The lowest BCUT2D eigenvalue weighted by Crippen LogP contribution is -2.21. The highest BCUT2D eigenvalue weighted by molar-refractivity contribution is 4.49. The number of ether oxygens (including phenoxy) is 1. The van der Waals surface area contributed by atoms with Crippen molar-refractivity contribution in [2.75, 3.05) is 13.2 Å². The molecule has 0 radical (unpaired) electrons. The second-order valence-electron chi connectivity index (χ2n) is 2.22. The lowest BCUT2D eigenvalue weighted by Gasteiger charge is -2.10. The molecule has 0 saturated heterocycles. The Labute approximate surface area is 55.3 Å². The first-order valence-corrected chi connectivity index (χ1v) is 3.07. The predicted octanol–water partition coefficient (Wildman–Crippen LogP) is -0.235. The molecule has 3 heteroatoms. The molecule has 0 aromatic heterocycles. The van der Waals surface area contributed by atoms with Crippen molar-refractivity contribution in [1.82, 2.24) is 0 Å². The summed E-state index contributed by atoms with van der Waals surface area (Å²) >= 11 is 0. The first kappa shape index (κ1) is 8.88. The van der Waals surface area contributed by atoms with E-state index in [2.05, 4.69) is 0 Å². The molecule has 0 aliphatic heterocycles. The van der Waals surface area contributed by atoms with Gasteiger partial charge in [0.1, 0.15) is 6.10 Å². The number of aliphatic hydroxyl groups is 2. The van der Waals surface area contributed by atoms with Gasteiger partial charge in [-0.15, -0.1) is 0 Å². The summed E-state index contributed by atoms with van der Waals surface area (Å²) in [5.74, 6) is 0. The Kier molecular flexibility index (Phi) is 4.67. The van der Waals surface area contributed by atoms with E-state index < -0.39 is 6.10 Å². The molecule has 0 aliphatic rings. The zero-order chi connectivity index (χ0) is 7.28. The number of rotatable bonds is 4. The molecule has 0 spiro atoms. The lowest BCUT2D eigenvalue weighted by atomic mass is 10.4. The molecule has 0 bridgehead atoms. The maximum Gasteiger partial charge on any atom is 0.100 e. The summed E-state index contributed by atoms with van der Waals surface area (Å²) < 4.78 is 4.98. The molecule has 0 saturated carbocycles. The highest BCUT2D eigenvalue weighted by Crippen LogP contribution is 1.89. The highest BCUT2D eigenvalue weighted by Gasteiger charge is 2.01. The molecule has 9 heavy (non-hydrogen) atoms. The van der Waals surface area contributed by atoms with E-state index in [4.69, 9.17) is 14.9 Å². The van der Waals surface area contributed by atoms with Gasteiger partial charge in [-0.25, -0.2) is 0 Å². The molecule has 0 fully saturated rings. The van der Waals surface area contributed by atoms with Gasteiger partial charge in [0.25, 0.3) is 0 Å². The van der Waals surface area contributed by atoms with E-state index in [1.807, 2.05) is 13.8 Å². The fraction of sp³-hybridized carbons (Fsp3) is 1.00. The minimum atomic E-state index is -0.729. The Morgan fingerprint density at radius 1 is 1.44 bits per heavy atom. The van der Waals surface area contributed by atoms with Crippen molar-refractivity contribution in [3.05, 3.63) is 0 Å². The summed E-state index contributed by atoms with van der Waals surface area (Å²) in [6.07, 6.45) is -0.612. The minimum Gasteiger partial charge on any atom is -0.394 e. The molecule has 2 N–H and O–H groups in total. The average molecular weight is 134 g/mol.